The minimum atomic E-state index is -0.304. The molecule has 1 aliphatic heterocycles. The first-order chi connectivity index (χ1) is 12.6. The summed E-state index contributed by atoms with van der Waals surface area (Å²) in [5.41, 5.74) is 1.18. The fourth-order valence-corrected chi connectivity index (χ4v) is 2.93. The van der Waals surface area contributed by atoms with Gasteiger partial charge in [0.15, 0.2) is 0 Å². The normalized spacial score (nSPS) is 18.2. The third-order valence-corrected chi connectivity index (χ3v) is 4.41. The largest absolute Gasteiger partial charge is 0.473 e. The Bertz CT molecular complexity index is 730. The molecule has 1 aromatic carbocycles. The number of amides is 1. The lowest BCUT2D eigenvalue weighted by Crippen LogP contribution is -2.43. The molecule has 1 amide bonds. The Balaban J connectivity index is 1.52. The Morgan fingerprint density at radius 3 is 2.96 bits per heavy atom. The van der Waals surface area contributed by atoms with Crippen molar-refractivity contribution in [2.45, 2.75) is 44.9 Å². The fraction of sp³-hybridized carbons (Fsp3) is 0.400. The predicted octanol–water partition coefficient (Wildman–Crippen LogP) is 3.49. The number of rotatable bonds is 6. The van der Waals surface area contributed by atoms with Gasteiger partial charge in [-0.1, -0.05) is 12.1 Å². The molecule has 1 aromatic heterocycles. The van der Waals surface area contributed by atoms with Gasteiger partial charge in [-0.05, 0) is 49.9 Å². The Morgan fingerprint density at radius 1 is 1.38 bits per heavy atom. The first-order valence-corrected chi connectivity index (χ1v) is 8.87. The van der Waals surface area contributed by atoms with E-state index in [1.165, 1.54) is 18.3 Å². The van der Waals surface area contributed by atoms with Gasteiger partial charge in [0.2, 0.25) is 5.88 Å². The van der Waals surface area contributed by atoms with E-state index in [9.17, 15) is 9.18 Å². The number of hydrogen-bond donors (Lipinski definition) is 1. The first kappa shape index (κ1) is 18.3. The van der Waals surface area contributed by atoms with Gasteiger partial charge in [0.05, 0.1) is 17.7 Å². The zero-order chi connectivity index (χ0) is 18.4. The summed E-state index contributed by atoms with van der Waals surface area (Å²) in [6.45, 7) is 2.92. The Kier molecular flexibility index (Phi) is 6.17. The maximum atomic E-state index is 13.1. The van der Waals surface area contributed by atoms with Crippen LogP contribution in [0.1, 0.15) is 42.1 Å². The van der Waals surface area contributed by atoms with Crippen LogP contribution in [0.2, 0.25) is 0 Å². The highest BCUT2D eigenvalue weighted by atomic mass is 19.1. The molecule has 1 N–H and O–H groups in total. The number of benzene rings is 1. The van der Waals surface area contributed by atoms with Gasteiger partial charge in [-0.25, -0.2) is 9.37 Å². The van der Waals surface area contributed by atoms with E-state index in [0.29, 0.717) is 11.4 Å². The minimum Gasteiger partial charge on any atom is -0.473 e. The molecule has 0 aliphatic carbocycles. The van der Waals surface area contributed by atoms with Crippen molar-refractivity contribution in [1.82, 2.24) is 10.3 Å². The number of ether oxygens (including phenoxy) is 2. The van der Waals surface area contributed by atoms with E-state index in [1.54, 1.807) is 24.3 Å². The van der Waals surface area contributed by atoms with Gasteiger partial charge in [-0.15, -0.1) is 0 Å². The number of nitrogens with zero attached hydrogens (tertiary/aromatic N) is 1. The second-order valence-corrected chi connectivity index (χ2v) is 6.47. The predicted molar refractivity (Wildman–Crippen MR) is 95.5 cm³/mol. The highest BCUT2D eigenvalue weighted by Crippen LogP contribution is 2.16. The second kappa shape index (κ2) is 8.76. The van der Waals surface area contributed by atoms with Crippen LogP contribution >= 0.6 is 0 Å². The van der Waals surface area contributed by atoms with Gasteiger partial charge in [-0.3, -0.25) is 4.79 Å². The molecule has 138 valence electrons. The van der Waals surface area contributed by atoms with Crippen LogP contribution in [0.3, 0.4) is 0 Å². The van der Waals surface area contributed by atoms with Gasteiger partial charge in [0.25, 0.3) is 5.91 Å². The van der Waals surface area contributed by atoms with Crippen molar-refractivity contribution in [3.05, 3.63) is 59.5 Å². The molecule has 2 heterocycles. The Hall–Kier alpha value is -2.47. The maximum Gasteiger partial charge on any atom is 0.253 e. The average molecular weight is 358 g/mol. The number of halogens is 1. The Morgan fingerprint density at radius 2 is 2.27 bits per heavy atom. The smallest absolute Gasteiger partial charge is 0.253 e. The summed E-state index contributed by atoms with van der Waals surface area (Å²) in [7, 11) is 0. The van der Waals surface area contributed by atoms with E-state index in [0.717, 1.165) is 31.4 Å². The molecule has 1 aliphatic rings. The summed E-state index contributed by atoms with van der Waals surface area (Å²) in [5, 5.41) is 2.96. The van der Waals surface area contributed by atoms with E-state index in [-0.39, 0.29) is 30.5 Å². The second-order valence-electron chi connectivity index (χ2n) is 6.47. The van der Waals surface area contributed by atoms with Crippen molar-refractivity contribution in [1.29, 1.82) is 0 Å². The van der Waals surface area contributed by atoms with Crippen molar-refractivity contribution < 1.29 is 18.7 Å². The van der Waals surface area contributed by atoms with Crippen molar-refractivity contribution >= 4 is 5.91 Å². The van der Waals surface area contributed by atoms with Crippen LogP contribution in [-0.4, -0.2) is 29.6 Å². The molecule has 2 aromatic rings. The van der Waals surface area contributed by atoms with Crippen molar-refractivity contribution in [3.63, 3.8) is 0 Å². The molecule has 0 saturated carbocycles. The molecule has 0 radical (unpaired) electrons. The van der Waals surface area contributed by atoms with Crippen LogP contribution < -0.4 is 10.1 Å². The lowest BCUT2D eigenvalue weighted by Gasteiger charge is -2.28. The van der Waals surface area contributed by atoms with Crippen LogP contribution in [0.15, 0.2) is 42.6 Å². The number of carbonyl (C=O) groups excluding carboxylic acids is 1. The minimum absolute atomic E-state index is 0.0493. The van der Waals surface area contributed by atoms with Crippen LogP contribution in [-0.2, 0) is 11.3 Å². The zero-order valence-electron chi connectivity index (χ0n) is 14.8. The van der Waals surface area contributed by atoms with Crippen LogP contribution in [0, 0.1) is 5.82 Å². The monoisotopic (exact) mass is 358 g/mol. The highest BCUT2D eigenvalue weighted by molar-refractivity contribution is 5.94. The molecule has 0 spiro atoms. The van der Waals surface area contributed by atoms with Gasteiger partial charge < -0.3 is 14.8 Å². The topological polar surface area (TPSA) is 60.5 Å². The van der Waals surface area contributed by atoms with E-state index in [1.807, 2.05) is 6.92 Å². The lowest BCUT2D eigenvalue weighted by atomic mass is 10.0. The van der Waals surface area contributed by atoms with Crippen molar-refractivity contribution in [3.8, 4) is 5.88 Å². The molecular weight excluding hydrogens is 335 g/mol. The third-order valence-electron chi connectivity index (χ3n) is 4.41. The molecular formula is C20H23FN2O3. The SMILES string of the molecule is CC(NC(=O)c1ccc(OCc2cccc(F)c2)nc1)C1CCCCO1. The third kappa shape index (κ3) is 5.02. The summed E-state index contributed by atoms with van der Waals surface area (Å²) in [5.74, 6) is -0.104. The lowest BCUT2D eigenvalue weighted by molar-refractivity contribution is -0.00298. The molecule has 0 bridgehead atoms. The zero-order valence-corrected chi connectivity index (χ0v) is 14.8. The number of aromatic nitrogens is 1. The Labute approximate surface area is 152 Å². The van der Waals surface area contributed by atoms with Gasteiger partial charge in [-0.2, -0.15) is 0 Å². The number of hydrogen-bond acceptors (Lipinski definition) is 4. The highest BCUT2D eigenvalue weighted by Gasteiger charge is 2.22. The molecule has 5 nitrogen and oxygen atoms in total. The quantitative estimate of drug-likeness (QED) is 0.859. The van der Waals surface area contributed by atoms with Crippen LogP contribution in [0.25, 0.3) is 0 Å². The molecule has 2 atom stereocenters. The van der Waals surface area contributed by atoms with Crippen LogP contribution in [0.5, 0.6) is 5.88 Å². The average Bonchev–Trinajstić information content (AvgIpc) is 2.67. The van der Waals surface area contributed by atoms with E-state index >= 15 is 0 Å². The molecule has 3 rings (SSSR count). The molecule has 6 heteroatoms. The summed E-state index contributed by atoms with van der Waals surface area (Å²) < 4.78 is 24.4. The summed E-state index contributed by atoms with van der Waals surface area (Å²) in [6, 6.07) is 9.46. The molecule has 2 unspecified atom stereocenters. The number of nitrogens with one attached hydrogen (secondary N) is 1. The first-order valence-electron chi connectivity index (χ1n) is 8.87. The van der Waals surface area contributed by atoms with Crippen LogP contribution in [0.4, 0.5) is 4.39 Å². The maximum absolute atomic E-state index is 13.1. The van der Waals surface area contributed by atoms with Gasteiger partial charge in [0, 0.05) is 18.9 Å². The van der Waals surface area contributed by atoms with E-state index in [2.05, 4.69) is 10.3 Å². The van der Waals surface area contributed by atoms with E-state index in [4.69, 9.17) is 9.47 Å². The van der Waals surface area contributed by atoms with Gasteiger partial charge >= 0.3 is 0 Å². The van der Waals surface area contributed by atoms with E-state index < -0.39 is 0 Å². The number of carbonyl (C=O) groups is 1. The number of pyridine rings is 1. The van der Waals surface area contributed by atoms with Crippen molar-refractivity contribution in [2.75, 3.05) is 6.61 Å². The summed E-state index contributed by atoms with van der Waals surface area (Å²) in [6.07, 6.45) is 4.72. The van der Waals surface area contributed by atoms with Crippen molar-refractivity contribution in [2.24, 2.45) is 0 Å². The summed E-state index contributed by atoms with van der Waals surface area (Å²) in [4.78, 5) is 16.5. The molecule has 1 fully saturated rings. The molecule has 26 heavy (non-hydrogen) atoms. The van der Waals surface area contributed by atoms with Gasteiger partial charge in [0.1, 0.15) is 12.4 Å². The fourth-order valence-electron chi connectivity index (χ4n) is 2.93. The molecule has 1 saturated heterocycles. The summed E-state index contributed by atoms with van der Waals surface area (Å²) >= 11 is 0. The standard InChI is InChI=1S/C20H23FN2O3/c1-14(18-7-2-3-10-25-18)23-20(24)16-8-9-19(22-12-16)26-13-15-5-4-6-17(21)11-15/h4-6,8-9,11-12,14,18H,2-3,7,10,13H2,1H3,(H,23,24).